The molecule has 0 saturated carbocycles. The van der Waals surface area contributed by atoms with Gasteiger partial charge in [-0.3, -0.25) is 10.1 Å². The summed E-state index contributed by atoms with van der Waals surface area (Å²) < 4.78 is 42.5. The topological polar surface area (TPSA) is 129 Å². The molecular weight excluding hydrogens is 342 g/mol. The molecule has 1 aromatic carbocycles. The van der Waals surface area contributed by atoms with Gasteiger partial charge in [-0.25, -0.2) is 13.1 Å². The summed E-state index contributed by atoms with van der Waals surface area (Å²) in [6.45, 7) is 2.02. The number of hydrogen-bond acceptors (Lipinski definition) is 8. The molecule has 0 aromatic heterocycles. The number of ether oxygens (including phenoxy) is 3. The first-order valence-electron chi connectivity index (χ1n) is 7.23. The Bertz CT molecular complexity index is 693. The van der Waals surface area contributed by atoms with Crippen molar-refractivity contribution in [2.45, 2.75) is 4.90 Å². The Morgan fingerprint density at radius 1 is 1.21 bits per heavy atom. The zero-order valence-electron chi connectivity index (χ0n) is 13.1. The highest BCUT2D eigenvalue weighted by atomic mass is 32.2. The maximum atomic E-state index is 12.4. The maximum Gasteiger partial charge on any atom is 0.293 e. The predicted octanol–water partition coefficient (Wildman–Crippen LogP) is -0.120. The SMILES string of the molecule is COCCNCCNS(=O)(=O)c1cc2c(cc1[N+](=O)[O-])OCCO2. The molecule has 2 N–H and O–H groups in total. The van der Waals surface area contributed by atoms with Crippen molar-refractivity contribution in [2.75, 3.05) is 46.6 Å². The second-order valence-corrected chi connectivity index (χ2v) is 6.60. The molecule has 134 valence electrons. The minimum Gasteiger partial charge on any atom is -0.486 e. The van der Waals surface area contributed by atoms with Crippen molar-refractivity contribution >= 4 is 15.7 Å². The van der Waals surface area contributed by atoms with Gasteiger partial charge in [-0.15, -0.1) is 0 Å². The molecular formula is C13H19N3O7S. The third-order valence-electron chi connectivity index (χ3n) is 3.19. The molecule has 2 rings (SSSR count). The molecule has 0 atom stereocenters. The Kier molecular flexibility index (Phi) is 6.31. The van der Waals surface area contributed by atoms with Gasteiger partial charge in [-0.2, -0.15) is 0 Å². The number of rotatable bonds is 9. The quantitative estimate of drug-likeness (QED) is 0.354. The van der Waals surface area contributed by atoms with Crippen molar-refractivity contribution in [3.8, 4) is 11.5 Å². The molecule has 0 amide bonds. The summed E-state index contributed by atoms with van der Waals surface area (Å²) in [6, 6.07) is 2.19. The Morgan fingerprint density at radius 3 is 2.50 bits per heavy atom. The fourth-order valence-electron chi connectivity index (χ4n) is 2.07. The number of methoxy groups -OCH3 is 1. The van der Waals surface area contributed by atoms with Crippen LogP contribution in [0.5, 0.6) is 11.5 Å². The second-order valence-electron chi connectivity index (χ2n) is 4.86. The first-order chi connectivity index (χ1) is 11.5. The molecule has 10 nitrogen and oxygen atoms in total. The highest BCUT2D eigenvalue weighted by molar-refractivity contribution is 7.89. The van der Waals surface area contributed by atoms with Crippen LogP contribution in [-0.2, 0) is 14.8 Å². The van der Waals surface area contributed by atoms with E-state index in [-0.39, 0.29) is 31.3 Å². The van der Waals surface area contributed by atoms with E-state index < -0.39 is 25.5 Å². The standard InChI is InChI=1S/C13H19N3O7S/c1-21-5-4-14-2-3-15-24(19,20)13-9-12-11(22-6-7-23-12)8-10(13)16(17)18/h8-9,14-15H,2-7H2,1H3. The first-order valence-corrected chi connectivity index (χ1v) is 8.71. The molecule has 0 radical (unpaired) electrons. The number of nitrogens with one attached hydrogen (secondary N) is 2. The van der Waals surface area contributed by atoms with Gasteiger partial charge in [0.25, 0.3) is 5.69 Å². The van der Waals surface area contributed by atoms with Gasteiger partial charge in [0, 0.05) is 32.8 Å². The molecule has 1 aliphatic rings. The fraction of sp³-hybridized carbons (Fsp3) is 0.538. The van der Waals surface area contributed by atoms with Crippen molar-refractivity contribution in [3.05, 3.63) is 22.2 Å². The number of nitro benzene ring substituents is 1. The van der Waals surface area contributed by atoms with Crippen LogP contribution in [0, 0.1) is 10.1 Å². The molecule has 0 saturated heterocycles. The lowest BCUT2D eigenvalue weighted by Crippen LogP contribution is -2.33. The van der Waals surface area contributed by atoms with Gasteiger partial charge in [-0.1, -0.05) is 0 Å². The summed E-state index contributed by atoms with van der Waals surface area (Å²) in [6.07, 6.45) is 0. The molecule has 0 unspecified atom stereocenters. The second kappa shape index (κ2) is 8.24. The van der Waals surface area contributed by atoms with Gasteiger partial charge < -0.3 is 19.5 Å². The minimum atomic E-state index is -4.06. The molecule has 11 heteroatoms. The predicted molar refractivity (Wildman–Crippen MR) is 84.0 cm³/mol. The van der Waals surface area contributed by atoms with E-state index in [0.29, 0.717) is 19.7 Å². The zero-order chi connectivity index (χ0) is 17.6. The molecule has 1 aromatic rings. The molecule has 0 bridgehead atoms. The first kappa shape index (κ1) is 18.4. The fourth-order valence-corrected chi connectivity index (χ4v) is 3.27. The smallest absolute Gasteiger partial charge is 0.293 e. The summed E-state index contributed by atoms with van der Waals surface area (Å²) in [4.78, 5) is 9.98. The highest BCUT2D eigenvalue weighted by Crippen LogP contribution is 2.38. The molecule has 1 heterocycles. The maximum absolute atomic E-state index is 12.4. The van der Waals surface area contributed by atoms with E-state index in [0.717, 1.165) is 12.1 Å². The molecule has 0 aliphatic carbocycles. The van der Waals surface area contributed by atoms with Crippen LogP contribution in [0.1, 0.15) is 0 Å². The van der Waals surface area contributed by atoms with Crippen molar-refractivity contribution in [1.29, 1.82) is 0 Å². The Balaban J connectivity index is 2.14. The third-order valence-corrected chi connectivity index (χ3v) is 4.68. The third kappa shape index (κ3) is 4.54. The van der Waals surface area contributed by atoms with E-state index in [1.54, 1.807) is 7.11 Å². The van der Waals surface area contributed by atoms with E-state index in [9.17, 15) is 18.5 Å². The van der Waals surface area contributed by atoms with Gasteiger partial charge in [0.1, 0.15) is 13.2 Å². The lowest BCUT2D eigenvalue weighted by molar-refractivity contribution is -0.388. The van der Waals surface area contributed by atoms with E-state index in [1.165, 1.54) is 0 Å². The van der Waals surface area contributed by atoms with Crippen molar-refractivity contribution in [1.82, 2.24) is 10.0 Å². The average molecular weight is 361 g/mol. The monoisotopic (exact) mass is 361 g/mol. The van der Waals surface area contributed by atoms with Gasteiger partial charge in [0.05, 0.1) is 17.6 Å². The molecule has 0 spiro atoms. The number of fused-ring (bicyclic) bond motifs is 1. The molecule has 0 fully saturated rings. The average Bonchev–Trinajstić information content (AvgIpc) is 2.56. The van der Waals surface area contributed by atoms with Crippen LogP contribution in [-0.4, -0.2) is 59.9 Å². The van der Waals surface area contributed by atoms with Crippen LogP contribution in [0.3, 0.4) is 0 Å². The minimum absolute atomic E-state index is 0.0810. The van der Waals surface area contributed by atoms with Crippen LogP contribution < -0.4 is 19.5 Å². The van der Waals surface area contributed by atoms with Crippen LogP contribution in [0.15, 0.2) is 17.0 Å². The molecule has 24 heavy (non-hydrogen) atoms. The van der Waals surface area contributed by atoms with E-state index in [2.05, 4.69) is 10.0 Å². The van der Waals surface area contributed by atoms with Crippen LogP contribution in [0.25, 0.3) is 0 Å². The highest BCUT2D eigenvalue weighted by Gasteiger charge is 2.30. The van der Waals surface area contributed by atoms with Crippen molar-refractivity contribution < 1.29 is 27.6 Å². The van der Waals surface area contributed by atoms with Crippen LogP contribution >= 0.6 is 0 Å². The van der Waals surface area contributed by atoms with E-state index in [1.807, 2.05) is 0 Å². The van der Waals surface area contributed by atoms with Crippen LogP contribution in [0.4, 0.5) is 5.69 Å². The van der Waals surface area contributed by atoms with Gasteiger partial charge in [0.15, 0.2) is 16.4 Å². The summed E-state index contributed by atoms with van der Waals surface area (Å²) in [7, 11) is -2.50. The van der Waals surface area contributed by atoms with Crippen LogP contribution in [0.2, 0.25) is 0 Å². The van der Waals surface area contributed by atoms with E-state index in [4.69, 9.17) is 14.2 Å². The summed E-state index contributed by atoms with van der Waals surface area (Å²) in [5.41, 5.74) is -0.556. The zero-order valence-corrected chi connectivity index (χ0v) is 13.9. The Morgan fingerprint density at radius 2 is 1.88 bits per heavy atom. The van der Waals surface area contributed by atoms with Gasteiger partial charge in [-0.05, 0) is 0 Å². The number of nitrogens with zero attached hydrogens (tertiary/aromatic N) is 1. The number of sulfonamides is 1. The number of nitro groups is 1. The van der Waals surface area contributed by atoms with Crippen molar-refractivity contribution in [3.63, 3.8) is 0 Å². The molecule has 1 aliphatic heterocycles. The summed E-state index contributed by atoms with van der Waals surface area (Å²) in [5.74, 6) is 0.332. The van der Waals surface area contributed by atoms with Gasteiger partial charge in [0.2, 0.25) is 10.0 Å². The Hall–Kier alpha value is -1.95. The summed E-state index contributed by atoms with van der Waals surface area (Å²) in [5, 5.41) is 14.2. The van der Waals surface area contributed by atoms with E-state index >= 15 is 0 Å². The normalized spacial score (nSPS) is 13.7. The number of hydrogen-bond donors (Lipinski definition) is 2. The lowest BCUT2D eigenvalue weighted by atomic mass is 10.2. The van der Waals surface area contributed by atoms with Gasteiger partial charge >= 0.3 is 0 Å². The number of benzene rings is 1. The largest absolute Gasteiger partial charge is 0.486 e. The van der Waals surface area contributed by atoms with Crippen molar-refractivity contribution in [2.24, 2.45) is 0 Å². The summed E-state index contributed by atoms with van der Waals surface area (Å²) >= 11 is 0. The lowest BCUT2D eigenvalue weighted by Gasteiger charge is -2.19. The Labute approximate surface area is 139 Å².